The molecule has 0 aromatic carbocycles. The minimum atomic E-state index is 0.326. The highest BCUT2D eigenvalue weighted by molar-refractivity contribution is 5.79. The molecule has 0 unspecified atom stereocenters. The van der Waals surface area contributed by atoms with Crippen LogP contribution >= 0.6 is 0 Å². The van der Waals surface area contributed by atoms with Gasteiger partial charge in [-0.15, -0.1) is 0 Å². The zero-order valence-electron chi connectivity index (χ0n) is 10.9. The Bertz CT molecular complexity index is 257. The van der Waals surface area contributed by atoms with E-state index in [1.807, 2.05) is 0 Å². The van der Waals surface area contributed by atoms with E-state index in [0.717, 1.165) is 19.4 Å². The van der Waals surface area contributed by atoms with Crippen LogP contribution in [-0.2, 0) is 0 Å². The SMILES string of the molecule is CC1(C)C(NCCCCC(N)=NO)C1(C)C. The predicted octanol–water partition coefficient (Wildman–Crippen LogP) is 1.93. The Morgan fingerprint density at radius 1 is 1.25 bits per heavy atom. The van der Waals surface area contributed by atoms with Crippen molar-refractivity contribution in [3.63, 3.8) is 0 Å². The van der Waals surface area contributed by atoms with Gasteiger partial charge >= 0.3 is 0 Å². The van der Waals surface area contributed by atoms with E-state index >= 15 is 0 Å². The van der Waals surface area contributed by atoms with Crippen molar-refractivity contribution >= 4 is 5.84 Å². The summed E-state index contributed by atoms with van der Waals surface area (Å²) in [6, 6.07) is 0.615. The van der Waals surface area contributed by atoms with Crippen molar-refractivity contribution in [2.24, 2.45) is 21.7 Å². The molecule has 4 heteroatoms. The van der Waals surface area contributed by atoms with E-state index in [2.05, 4.69) is 38.2 Å². The van der Waals surface area contributed by atoms with E-state index in [0.29, 0.717) is 29.1 Å². The summed E-state index contributed by atoms with van der Waals surface area (Å²) in [6.07, 6.45) is 2.71. The summed E-state index contributed by atoms with van der Waals surface area (Å²) in [5, 5.41) is 14.9. The lowest BCUT2D eigenvalue weighted by Crippen LogP contribution is -2.23. The van der Waals surface area contributed by atoms with Crippen LogP contribution < -0.4 is 11.1 Å². The first kappa shape index (κ1) is 13.3. The number of unbranched alkanes of at least 4 members (excludes halogenated alkanes) is 1. The lowest BCUT2D eigenvalue weighted by molar-refractivity contribution is 0.316. The fourth-order valence-electron chi connectivity index (χ4n) is 2.43. The predicted molar refractivity (Wildman–Crippen MR) is 66.6 cm³/mol. The molecular weight excluding hydrogens is 202 g/mol. The van der Waals surface area contributed by atoms with Gasteiger partial charge in [-0.1, -0.05) is 32.9 Å². The van der Waals surface area contributed by atoms with Crippen molar-refractivity contribution in [1.29, 1.82) is 0 Å². The second-order valence-electron chi connectivity index (χ2n) is 5.88. The average molecular weight is 227 g/mol. The van der Waals surface area contributed by atoms with E-state index in [4.69, 9.17) is 10.9 Å². The van der Waals surface area contributed by atoms with Gasteiger partial charge in [0.2, 0.25) is 0 Å². The summed E-state index contributed by atoms with van der Waals surface area (Å²) >= 11 is 0. The summed E-state index contributed by atoms with van der Waals surface area (Å²) in [5.41, 5.74) is 6.20. The highest BCUT2D eigenvalue weighted by atomic mass is 16.4. The summed E-state index contributed by atoms with van der Waals surface area (Å²) < 4.78 is 0. The summed E-state index contributed by atoms with van der Waals surface area (Å²) in [4.78, 5) is 0. The molecule has 0 aromatic heterocycles. The van der Waals surface area contributed by atoms with E-state index in [-0.39, 0.29) is 0 Å². The number of nitrogens with zero attached hydrogens (tertiary/aromatic N) is 1. The Kier molecular flexibility index (Phi) is 3.84. The topological polar surface area (TPSA) is 70.6 Å². The lowest BCUT2D eigenvalue weighted by Gasteiger charge is -2.05. The molecule has 1 aliphatic rings. The molecule has 1 aliphatic carbocycles. The van der Waals surface area contributed by atoms with Crippen LogP contribution in [0.5, 0.6) is 0 Å². The van der Waals surface area contributed by atoms with Gasteiger partial charge in [-0.2, -0.15) is 0 Å². The Balaban J connectivity index is 2.10. The molecule has 1 fully saturated rings. The maximum Gasteiger partial charge on any atom is 0.139 e. The van der Waals surface area contributed by atoms with Crippen LogP contribution in [0.4, 0.5) is 0 Å². The molecule has 0 saturated heterocycles. The zero-order chi connectivity index (χ0) is 12.4. The van der Waals surface area contributed by atoms with Crippen molar-refractivity contribution in [3.05, 3.63) is 0 Å². The van der Waals surface area contributed by atoms with Gasteiger partial charge in [0, 0.05) is 12.5 Å². The minimum absolute atomic E-state index is 0.326. The molecule has 4 N–H and O–H groups in total. The second kappa shape index (κ2) is 4.62. The largest absolute Gasteiger partial charge is 0.409 e. The van der Waals surface area contributed by atoms with E-state index in [1.54, 1.807) is 0 Å². The van der Waals surface area contributed by atoms with Gasteiger partial charge in [0.1, 0.15) is 5.84 Å². The van der Waals surface area contributed by atoms with Crippen LogP contribution in [0.15, 0.2) is 5.16 Å². The summed E-state index contributed by atoms with van der Waals surface area (Å²) in [7, 11) is 0. The lowest BCUT2D eigenvalue weighted by atomic mass is 10.0. The van der Waals surface area contributed by atoms with Gasteiger partial charge in [0.05, 0.1) is 0 Å². The molecule has 0 aromatic rings. The van der Waals surface area contributed by atoms with Gasteiger partial charge in [0.25, 0.3) is 0 Å². The third-order valence-electron chi connectivity index (χ3n) is 4.36. The van der Waals surface area contributed by atoms with E-state index in [9.17, 15) is 0 Å². The third kappa shape index (κ3) is 2.48. The van der Waals surface area contributed by atoms with Gasteiger partial charge in [0.15, 0.2) is 0 Å². The molecule has 0 amide bonds. The fraction of sp³-hybridized carbons (Fsp3) is 0.917. The van der Waals surface area contributed by atoms with Crippen molar-refractivity contribution in [1.82, 2.24) is 5.32 Å². The number of nitrogens with one attached hydrogen (secondary N) is 1. The summed E-state index contributed by atoms with van der Waals surface area (Å²) in [5.74, 6) is 0.326. The second-order valence-corrected chi connectivity index (χ2v) is 5.88. The fourth-order valence-corrected chi connectivity index (χ4v) is 2.43. The monoisotopic (exact) mass is 227 g/mol. The molecule has 0 bridgehead atoms. The number of amidine groups is 1. The maximum absolute atomic E-state index is 8.37. The highest BCUT2D eigenvalue weighted by Gasteiger charge is 2.64. The van der Waals surface area contributed by atoms with Crippen molar-refractivity contribution in [2.45, 2.75) is 53.0 Å². The molecule has 0 atom stereocenters. The Morgan fingerprint density at radius 2 is 1.81 bits per heavy atom. The summed E-state index contributed by atoms with van der Waals surface area (Å²) in [6.45, 7) is 10.2. The molecule has 1 rings (SSSR count). The van der Waals surface area contributed by atoms with Crippen LogP contribution in [0, 0.1) is 10.8 Å². The number of hydrogen-bond donors (Lipinski definition) is 3. The Hall–Kier alpha value is -0.770. The van der Waals surface area contributed by atoms with Gasteiger partial charge in [-0.05, 0) is 30.2 Å². The molecular formula is C12H25N3O. The van der Waals surface area contributed by atoms with E-state index in [1.165, 1.54) is 0 Å². The van der Waals surface area contributed by atoms with Gasteiger partial charge < -0.3 is 16.3 Å². The molecule has 0 spiro atoms. The first-order valence-corrected chi connectivity index (χ1v) is 6.04. The van der Waals surface area contributed by atoms with Crippen molar-refractivity contribution in [2.75, 3.05) is 6.54 Å². The Morgan fingerprint density at radius 3 is 2.25 bits per heavy atom. The smallest absolute Gasteiger partial charge is 0.139 e. The average Bonchev–Trinajstić information content (AvgIpc) is 2.59. The minimum Gasteiger partial charge on any atom is -0.409 e. The van der Waals surface area contributed by atoms with E-state index < -0.39 is 0 Å². The quantitative estimate of drug-likeness (QED) is 0.213. The van der Waals surface area contributed by atoms with Crippen molar-refractivity contribution in [3.8, 4) is 0 Å². The van der Waals surface area contributed by atoms with Crippen LogP contribution in [0.25, 0.3) is 0 Å². The Labute approximate surface area is 98.3 Å². The molecule has 1 saturated carbocycles. The first-order chi connectivity index (χ1) is 7.34. The molecule has 0 radical (unpaired) electrons. The van der Waals surface area contributed by atoms with Crippen LogP contribution in [0.3, 0.4) is 0 Å². The zero-order valence-corrected chi connectivity index (χ0v) is 10.9. The molecule has 94 valence electrons. The molecule has 16 heavy (non-hydrogen) atoms. The number of hydrogen-bond acceptors (Lipinski definition) is 3. The van der Waals surface area contributed by atoms with Crippen molar-refractivity contribution < 1.29 is 5.21 Å². The highest BCUT2D eigenvalue weighted by Crippen LogP contribution is 2.62. The van der Waals surface area contributed by atoms with Gasteiger partial charge in [-0.25, -0.2) is 0 Å². The molecule has 0 aliphatic heterocycles. The van der Waals surface area contributed by atoms with Gasteiger partial charge in [-0.3, -0.25) is 0 Å². The number of oxime groups is 1. The third-order valence-corrected chi connectivity index (χ3v) is 4.36. The number of rotatable bonds is 6. The van der Waals surface area contributed by atoms with Crippen LogP contribution in [0.1, 0.15) is 47.0 Å². The number of nitrogens with two attached hydrogens (primary N) is 1. The van der Waals surface area contributed by atoms with Crippen LogP contribution in [0.2, 0.25) is 0 Å². The first-order valence-electron chi connectivity index (χ1n) is 6.04. The maximum atomic E-state index is 8.37. The molecule has 0 heterocycles. The normalized spacial score (nSPS) is 23.4. The van der Waals surface area contributed by atoms with Crippen LogP contribution in [-0.4, -0.2) is 23.6 Å². The molecule has 4 nitrogen and oxygen atoms in total. The standard InChI is InChI=1S/C12H25N3O/c1-11(2)10(12(11,3)4)14-8-6-5-7-9(13)15-16/h10,14,16H,5-8H2,1-4H3,(H2,13,15).